The molecule has 1 saturated carbocycles. The first kappa shape index (κ1) is 18.8. The van der Waals surface area contributed by atoms with E-state index in [1.807, 2.05) is 13.0 Å². The van der Waals surface area contributed by atoms with Gasteiger partial charge in [0, 0.05) is 24.8 Å². The molecule has 2 N–H and O–H groups in total. The fourth-order valence-electron chi connectivity index (χ4n) is 3.05. The normalized spacial score (nSPS) is 17.2. The summed E-state index contributed by atoms with van der Waals surface area (Å²) in [6.07, 6.45) is 5.46. The number of nitrogens with zero attached hydrogens (tertiary/aromatic N) is 1. The van der Waals surface area contributed by atoms with Gasteiger partial charge in [-0.1, -0.05) is 36.8 Å². The zero-order valence-electron chi connectivity index (χ0n) is 14.7. The van der Waals surface area contributed by atoms with Crippen molar-refractivity contribution < 1.29 is 8.42 Å². The maximum absolute atomic E-state index is 11.2. The van der Waals surface area contributed by atoms with E-state index in [4.69, 9.17) is 4.99 Å². The summed E-state index contributed by atoms with van der Waals surface area (Å²) in [6, 6.07) is 10.6. The molecule has 0 unspecified atom stereocenters. The Morgan fingerprint density at radius 3 is 2.46 bits per heavy atom. The first-order chi connectivity index (χ1) is 11.5. The van der Waals surface area contributed by atoms with Crippen LogP contribution in [0, 0.1) is 0 Å². The Labute approximate surface area is 145 Å². The highest BCUT2D eigenvalue weighted by atomic mass is 32.2. The standard InChI is InChI=1S/C18H29N3O2S/c1-3-19-17(20-13-8-14-24(2,22)23)21-15-18(11-7-12-18)16-9-5-4-6-10-16/h4-6,9-10H,3,7-8,11-15H2,1-2H3,(H2,19,20,21). The van der Waals surface area contributed by atoms with Gasteiger partial charge in [-0.05, 0) is 31.7 Å². The smallest absolute Gasteiger partial charge is 0.191 e. The summed E-state index contributed by atoms with van der Waals surface area (Å²) < 4.78 is 22.4. The van der Waals surface area contributed by atoms with Crippen molar-refractivity contribution in [2.24, 2.45) is 4.99 Å². The maximum atomic E-state index is 11.2. The lowest BCUT2D eigenvalue weighted by molar-refractivity contribution is 0.253. The summed E-state index contributed by atoms with van der Waals surface area (Å²) in [4.78, 5) is 4.76. The highest BCUT2D eigenvalue weighted by Crippen LogP contribution is 2.43. The van der Waals surface area contributed by atoms with E-state index in [9.17, 15) is 8.42 Å². The van der Waals surface area contributed by atoms with Crippen LogP contribution < -0.4 is 10.6 Å². The number of rotatable bonds is 8. The van der Waals surface area contributed by atoms with E-state index < -0.39 is 9.84 Å². The molecular weight excluding hydrogens is 322 g/mol. The third-order valence-corrected chi connectivity index (χ3v) is 5.60. The van der Waals surface area contributed by atoms with Gasteiger partial charge < -0.3 is 10.6 Å². The summed E-state index contributed by atoms with van der Waals surface area (Å²) in [5.41, 5.74) is 1.53. The van der Waals surface area contributed by atoms with Crippen LogP contribution in [0.4, 0.5) is 0 Å². The van der Waals surface area contributed by atoms with Crippen molar-refractivity contribution in [3.8, 4) is 0 Å². The average Bonchev–Trinajstić information content (AvgIpc) is 2.50. The largest absolute Gasteiger partial charge is 0.357 e. The molecule has 0 heterocycles. The number of benzene rings is 1. The molecule has 0 aromatic heterocycles. The second kappa shape index (κ2) is 8.51. The van der Waals surface area contributed by atoms with Crippen molar-refractivity contribution in [2.45, 2.75) is 38.0 Å². The molecule has 2 rings (SSSR count). The lowest BCUT2D eigenvalue weighted by Crippen LogP contribution is -2.42. The zero-order valence-corrected chi connectivity index (χ0v) is 15.5. The van der Waals surface area contributed by atoms with E-state index in [0.29, 0.717) is 13.0 Å². The van der Waals surface area contributed by atoms with Crippen LogP contribution in [0.15, 0.2) is 35.3 Å². The van der Waals surface area contributed by atoms with E-state index in [-0.39, 0.29) is 11.2 Å². The van der Waals surface area contributed by atoms with Gasteiger partial charge in [-0.15, -0.1) is 0 Å². The Morgan fingerprint density at radius 2 is 1.92 bits per heavy atom. The SMILES string of the molecule is CCNC(=NCC1(c2ccccc2)CCC1)NCCCS(C)(=O)=O. The summed E-state index contributed by atoms with van der Waals surface area (Å²) in [7, 11) is -2.90. The Bertz CT molecular complexity index is 637. The summed E-state index contributed by atoms with van der Waals surface area (Å²) in [6.45, 7) is 4.19. The van der Waals surface area contributed by atoms with Crippen LogP contribution in [0.3, 0.4) is 0 Å². The van der Waals surface area contributed by atoms with Crippen molar-refractivity contribution >= 4 is 15.8 Å². The Balaban J connectivity index is 1.94. The van der Waals surface area contributed by atoms with Crippen molar-refractivity contribution in [2.75, 3.05) is 31.6 Å². The molecule has 0 atom stereocenters. The van der Waals surface area contributed by atoms with Crippen molar-refractivity contribution in [3.05, 3.63) is 35.9 Å². The summed E-state index contributed by atoms with van der Waals surface area (Å²) in [5, 5.41) is 6.48. The molecular formula is C18H29N3O2S. The fourth-order valence-corrected chi connectivity index (χ4v) is 3.72. The molecule has 0 aliphatic heterocycles. The quantitative estimate of drug-likeness (QED) is 0.427. The summed E-state index contributed by atoms with van der Waals surface area (Å²) in [5.74, 6) is 0.973. The van der Waals surface area contributed by atoms with Crippen molar-refractivity contribution in [1.82, 2.24) is 10.6 Å². The van der Waals surface area contributed by atoms with Gasteiger partial charge in [0.1, 0.15) is 9.84 Å². The minimum atomic E-state index is -2.90. The first-order valence-electron chi connectivity index (χ1n) is 8.71. The van der Waals surface area contributed by atoms with E-state index in [1.54, 1.807) is 0 Å². The Hall–Kier alpha value is -1.56. The number of nitrogens with one attached hydrogen (secondary N) is 2. The van der Waals surface area contributed by atoms with Crippen LogP contribution in [-0.2, 0) is 15.3 Å². The third kappa shape index (κ3) is 5.51. The van der Waals surface area contributed by atoms with E-state index >= 15 is 0 Å². The molecule has 134 valence electrons. The minimum absolute atomic E-state index is 0.163. The van der Waals surface area contributed by atoms with E-state index in [2.05, 4.69) is 34.9 Å². The third-order valence-electron chi connectivity index (χ3n) is 4.57. The molecule has 0 saturated heterocycles. The number of hydrogen-bond donors (Lipinski definition) is 2. The monoisotopic (exact) mass is 351 g/mol. The second-order valence-corrected chi connectivity index (χ2v) is 8.87. The van der Waals surface area contributed by atoms with Gasteiger partial charge in [0.2, 0.25) is 0 Å². The molecule has 6 heteroatoms. The second-order valence-electron chi connectivity index (χ2n) is 6.61. The van der Waals surface area contributed by atoms with Gasteiger partial charge in [0.25, 0.3) is 0 Å². The molecule has 0 amide bonds. The van der Waals surface area contributed by atoms with Crippen LogP contribution in [0.2, 0.25) is 0 Å². The van der Waals surface area contributed by atoms with E-state index in [1.165, 1.54) is 31.1 Å². The van der Waals surface area contributed by atoms with Crippen LogP contribution in [0.25, 0.3) is 0 Å². The first-order valence-corrected chi connectivity index (χ1v) is 10.8. The van der Waals surface area contributed by atoms with Gasteiger partial charge in [-0.25, -0.2) is 8.42 Å². The van der Waals surface area contributed by atoms with Crippen LogP contribution in [0.5, 0.6) is 0 Å². The van der Waals surface area contributed by atoms with Crippen molar-refractivity contribution in [1.29, 1.82) is 0 Å². The van der Waals surface area contributed by atoms with Crippen LogP contribution in [0.1, 0.15) is 38.2 Å². The molecule has 1 aromatic rings. The molecule has 24 heavy (non-hydrogen) atoms. The highest BCUT2D eigenvalue weighted by molar-refractivity contribution is 7.90. The van der Waals surface area contributed by atoms with Gasteiger partial charge in [-0.2, -0.15) is 0 Å². The highest BCUT2D eigenvalue weighted by Gasteiger charge is 2.38. The molecule has 0 spiro atoms. The average molecular weight is 352 g/mol. The molecule has 5 nitrogen and oxygen atoms in total. The molecule has 1 aromatic carbocycles. The predicted molar refractivity (Wildman–Crippen MR) is 100 cm³/mol. The molecule has 1 aliphatic rings. The van der Waals surface area contributed by atoms with Gasteiger partial charge in [-0.3, -0.25) is 4.99 Å². The fraction of sp³-hybridized carbons (Fsp3) is 0.611. The van der Waals surface area contributed by atoms with Gasteiger partial charge in [0.05, 0.1) is 12.3 Å². The zero-order chi connectivity index (χ0) is 17.5. The van der Waals surface area contributed by atoms with Crippen molar-refractivity contribution in [3.63, 3.8) is 0 Å². The van der Waals surface area contributed by atoms with Gasteiger partial charge in [0.15, 0.2) is 5.96 Å². The molecule has 0 radical (unpaired) electrons. The number of aliphatic imine (C=N–C) groups is 1. The Kier molecular flexibility index (Phi) is 6.66. The van der Waals surface area contributed by atoms with Gasteiger partial charge >= 0.3 is 0 Å². The van der Waals surface area contributed by atoms with Crippen LogP contribution >= 0.6 is 0 Å². The van der Waals surface area contributed by atoms with Crippen LogP contribution in [-0.4, -0.2) is 46.0 Å². The van der Waals surface area contributed by atoms with E-state index in [0.717, 1.165) is 19.0 Å². The minimum Gasteiger partial charge on any atom is -0.357 e. The summed E-state index contributed by atoms with van der Waals surface area (Å²) >= 11 is 0. The molecule has 1 aliphatic carbocycles. The number of hydrogen-bond acceptors (Lipinski definition) is 3. The molecule has 1 fully saturated rings. The number of guanidine groups is 1. The predicted octanol–water partition coefficient (Wildman–Crippen LogP) is 2.10. The number of sulfone groups is 1. The Morgan fingerprint density at radius 1 is 1.21 bits per heavy atom. The lowest BCUT2D eigenvalue weighted by Gasteiger charge is -2.41. The topological polar surface area (TPSA) is 70.6 Å². The maximum Gasteiger partial charge on any atom is 0.191 e. The molecule has 0 bridgehead atoms. The lowest BCUT2D eigenvalue weighted by atomic mass is 9.64.